The topological polar surface area (TPSA) is 90.5 Å². The van der Waals surface area contributed by atoms with Crippen LogP contribution in [-0.4, -0.2) is 38.6 Å². The minimum Gasteiger partial charge on any atom is -0.385 e. The number of aryl methyl sites for hydroxylation is 1. The van der Waals surface area contributed by atoms with Gasteiger partial charge in [-0.15, -0.1) is 0 Å². The number of hydrogen-bond donors (Lipinski definition) is 1. The van der Waals surface area contributed by atoms with Crippen molar-refractivity contribution in [2.75, 3.05) is 13.7 Å². The van der Waals surface area contributed by atoms with Gasteiger partial charge in [-0.25, -0.2) is 4.98 Å². The molecule has 0 radical (unpaired) electrons. The molecule has 0 aromatic carbocycles. The van der Waals surface area contributed by atoms with Gasteiger partial charge in [-0.2, -0.15) is 0 Å². The van der Waals surface area contributed by atoms with Crippen molar-refractivity contribution in [2.24, 2.45) is 0 Å². The Bertz CT molecular complexity index is 1210. The van der Waals surface area contributed by atoms with Crippen molar-refractivity contribution in [3.8, 4) is 0 Å². The van der Waals surface area contributed by atoms with E-state index >= 15 is 0 Å². The molecule has 0 aliphatic heterocycles. The molecule has 0 aliphatic carbocycles. The summed E-state index contributed by atoms with van der Waals surface area (Å²) in [4.78, 5) is 34.7. The van der Waals surface area contributed by atoms with E-state index in [9.17, 15) is 9.59 Å². The van der Waals surface area contributed by atoms with Gasteiger partial charge in [0, 0.05) is 32.7 Å². The number of nitrogens with zero attached hydrogens (tertiary/aromatic N) is 4. The summed E-state index contributed by atoms with van der Waals surface area (Å²) in [5.41, 5.74) is 1.99. The Labute approximate surface area is 166 Å². The average Bonchev–Trinajstić information content (AvgIpc) is 3.12. The molecule has 0 saturated carbocycles. The maximum Gasteiger partial charge on any atom is 0.268 e. The number of methoxy groups -OCH3 is 1. The molecule has 0 atom stereocenters. The maximum atomic E-state index is 12.9. The van der Waals surface area contributed by atoms with Gasteiger partial charge < -0.3 is 14.6 Å². The van der Waals surface area contributed by atoms with Crippen LogP contribution < -0.4 is 10.9 Å². The molecule has 1 amide bonds. The number of amides is 1. The third kappa shape index (κ3) is 3.74. The van der Waals surface area contributed by atoms with Gasteiger partial charge in [0.25, 0.3) is 11.5 Å². The standard InChI is InChI=1S/C21H21N5O3/c1-29-12-6-11-25-17(20(27)23-14-15-7-2-4-9-22-15)13-16-19(25)24-18-8-3-5-10-26(18)21(16)28/h2-5,7-10,13H,6,11-12,14H2,1H3,(H,23,27). The molecule has 4 aromatic heterocycles. The number of nitrogens with one attached hydrogen (secondary N) is 1. The molecule has 1 N–H and O–H groups in total. The van der Waals surface area contributed by atoms with E-state index in [4.69, 9.17) is 4.74 Å². The highest BCUT2D eigenvalue weighted by molar-refractivity contribution is 5.98. The van der Waals surface area contributed by atoms with Crippen molar-refractivity contribution in [2.45, 2.75) is 19.5 Å². The first-order valence-corrected chi connectivity index (χ1v) is 9.36. The molecule has 148 valence electrons. The van der Waals surface area contributed by atoms with E-state index in [2.05, 4.69) is 15.3 Å². The molecule has 0 fully saturated rings. The number of aromatic nitrogens is 4. The van der Waals surface area contributed by atoms with Crippen LogP contribution in [0.3, 0.4) is 0 Å². The second-order valence-corrected chi connectivity index (χ2v) is 6.61. The first kappa shape index (κ1) is 18.8. The lowest BCUT2D eigenvalue weighted by atomic mass is 10.3. The molecule has 0 spiro atoms. The lowest BCUT2D eigenvalue weighted by Crippen LogP contribution is -2.26. The smallest absolute Gasteiger partial charge is 0.268 e. The van der Waals surface area contributed by atoms with E-state index in [-0.39, 0.29) is 11.5 Å². The fourth-order valence-corrected chi connectivity index (χ4v) is 3.30. The third-order valence-electron chi connectivity index (χ3n) is 4.70. The average molecular weight is 391 g/mol. The molecule has 8 nitrogen and oxygen atoms in total. The first-order valence-electron chi connectivity index (χ1n) is 9.36. The predicted octanol–water partition coefficient (Wildman–Crippen LogP) is 2.01. The summed E-state index contributed by atoms with van der Waals surface area (Å²) in [5, 5.41) is 3.29. The van der Waals surface area contributed by atoms with Crippen LogP contribution in [0.1, 0.15) is 22.6 Å². The van der Waals surface area contributed by atoms with E-state index in [0.29, 0.717) is 48.5 Å². The van der Waals surface area contributed by atoms with Crippen LogP contribution in [-0.2, 0) is 17.8 Å². The molecule has 4 heterocycles. The molecule has 0 saturated heterocycles. The van der Waals surface area contributed by atoms with E-state index in [0.717, 1.165) is 5.69 Å². The van der Waals surface area contributed by atoms with Gasteiger partial charge in [-0.3, -0.25) is 19.0 Å². The molecule has 4 aromatic rings. The predicted molar refractivity (Wildman–Crippen MR) is 109 cm³/mol. The number of fused-ring (bicyclic) bond motifs is 2. The molecule has 8 heteroatoms. The summed E-state index contributed by atoms with van der Waals surface area (Å²) in [7, 11) is 1.63. The quantitative estimate of drug-likeness (QED) is 0.487. The summed E-state index contributed by atoms with van der Waals surface area (Å²) < 4.78 is 8.42. The molecule has 4 rings (SSSR count). The normalized spacial score (nSPS) is 11.2. The highest BCUT2D eigenvalue weighted by Gasteiger charge is 2.19. The second kappa shape index (κ2) is 8.24. The number of rotatable bonds is 7. The van der Waals surface area contributed by atoms with Crippen LogP contribution in [0.5, 0.6) is 0 Å². The van der Waals surface area contributed by atoms with Crippen LogP contribution in [0.2, 0.25) is 0 Å². The second-order valence-electron chi connectivity index (χ2n) is 6.61. The number of carbonyl (C=O) groups is 1. The SMILES string of the molecule is COCCCn1c(C(=O)NCc2ccccn2)cc2c(=O)n3ccccc3nc21. The van der Waals surface area contributed by atoms with E-state index in [1.807, 2.05) is 24.3 Å². The minimum atomic E-state index is -0.278. The molecular weight excluding hydrogens is 370 g/mol. The van der Waals surface area contributed by atoms with Crippen LogP contribution in [0.4, 0.5) is 0 Å². The highest BCUT2D eigenvalue weighted by Crippen LogP contribution is 2.17. The van der Waals surface area contributed by atoms with Gasteiger partial charge in [-0.1, -0.05) is 12.1 Å². The lowest BCUT2D eigenvalue weighted by Gasteiger charge is -2.10. The van der Waals surface area contributed by atoms with Crippen molar-refractivity contribution in [1.29, 1.82) is 0 Å². The number of pyridine rings is 2. The number of carbonyl (C=O) groups excluding carboxylic acids is 1. The highest BCUT2D eigenvalue weighted by atomic mass is 16.5. The van der Waals surface area contributed by atoms with Gasteiger partial charge in [0.1, 0.15) is 17.0 Å². The maximum absolute atomic E-state index is 12.9. The molecule has 0 bridgehead atoms. The van der Waals surface area contributed by atoms with Crippen LogP contribution in [0, 0.1) is 0 Å². The Morgan fingerprint density at radius 3 is 2.86 bits per heavy atom. The molecular formula is C21H21N5O3. The van der Waals surface area contributed by atoms with Crippen molar-refractivity contribution >= 4 is 22.6 Å². The summed E-state index contributed by atoms with van der Waals surface area (Å²) in [6.45, 7) is 1.36. The Kier molecular flexibility index (Phi) is 5.35. The van der Waals surface area contributed by atoms with Crippen LogP contribution in [0.25, 0.3) is 16.7 Å². The monoisotopic (exact) mass is 391 g/mol. The van der Waals surface area contributed by atoms with Gasteiger partial charge in [0.05, 0.1) is 17.6 Å². The zero-order valence-electron chi connectivity index (χ0n) is 16.0. The van der Waals surface area contributed by atoms with Crippen LogP contribution >= 0.6 is 0 Å². The Morgan fingerprint density at radius 2 is 2.07 bits per heavy atom. The summed E-state index contributed by atoms with van der Waals surface area (Å²) in [5.74, 6) is -0.278. The Morgan fingerprint density at radius 1 is 1.21 bits per heavy atom. The van der Waals surface area contributed by atoms with Gasteiger partial charge in [0.15, 0.2) is 0 Å². The molecule has 0 aliphatic rings. The fourth-order valence-electron chi connectivity index (χ4n) is 3.30. The van der Waals surface area contributed by atoms with Gasteiger partial charge in [0.2, 0.25) is 0 Å². The lowest BCUT2D eigenvalue weighted by molar-refractivity contribution is 0.0940. The van der Waals surface area contributed by atoms with Crippen molar-refractivity contribution < 1.29 is 9.53 Å². The molecule has 29 heavy (non-hydrogen) atoms. The summed E-state index contributed by atoms with van der Waals surface area (Å²) >= 11 is 0. The molecule has 0 unspecified atom stereocenters. The van der Waals surface area contributed by atoms with Crippen molar-refractivity contribution in [3.05, 3.63) is 76.6 Å². The van der Waals surface area contributed by atoms with Crippen molar-refractivity contribution in [3.63, 3.8) is 0 Å². The van der Waals surface area contributed by atoms with Gasteiger partial charge >= 0.3 is 0 Å². The largest absolute Gasteiger partial charge is 0.385 e. The third-order valence-corrected chi connectivity index (χ3v) is 4.70. The fraction of sp³-hybridized carbons (Fsp3) is 0.238. The summed E-state index contributed by atoms with van der Waals surface area (Å²) in [6.07, 6.45) is 4.05. The zero-order chi connectivity index (χ0) is 20.2. The number of hydrogen-bond acceptors (Lipinski definition) is 5. The van der Waals surface area contributed by atoms with E-state index in [1.165, 1.54) is 4.40 Å². The number of ether oxygens (including phenoxy) is 1. The summed E-state index contributed by atoms with van der Waals surface area (Å²) in [6, 6.07) is 12.5. The van der Waals surface area contributed by atoms with Crippen LogP contribution in [0.15, 0.2) is 59.7 Å². The van der Waals surface area contributed by atoms with Crippen molar-refractivity contribution in [1.82, 2.24) is 24.3 Å². The Hall–Kier alpha value is -3.52. The van der Waals surface area contributed by atoms with Gasteiger partial charge in [-0.05, 0) is 36.8 Å². The first-order chi connectivity index (χ1) is 14.2. The van der Waals surface area contributed by atoms with E-state index < -0.39 is 0 Å². The Balaban J connectivity index is 1.75. The zero-order valence-corrected chi connectivity index (χ0v) is 16.0. The minimum absolute atomic E-state index is 0.199. The van der Waals surface area contributed by atoms with E-state index in [1.54, 1.807) is 42.3 Å².